The summed E-state index contributed by atoms with van der Waals surface area (Å²) in [5, 5.41) is 7.44. The van der Waals surface area contributed by atoms with Gasteiger partial charge in [-0.25, -0.2) is 4.79 Å². The summed E-state index contributed by atoms with van der Waals surface area (Å²) in [7, 11) is 1.61. The number of halogens is 3. The molecule has 2 N–H and O–H groups in total. The number of alkyl halides is 3. The zero-order valence-corrected chi connectivity index (χ0v) is 15.1. The topological polar surface area (TPSA) is 50.4 Å². The Labute approximate surface area is 160 Å². The minimum Gasteiger partial charge on any atom is -0.497 e. The van der Waals surface area contributed by atoms with E-state index in [9.17, 15) is 18.0 Å². The molecule has 0 saturated heterocycles. The van der Waals surface area contributed by atoms with Gasteiger partial charge in [-0.15, -0.1) is 0 Å². The summed E-state index contributed by atoms with van der Waals surface area (Å²) in [4.78, 5) is 11.9. The smallest absolute Gasteiger partial charge is 0.416 e. The van der Waals surface area contributed by atoms with E-state index < -0.39 is 17.8 Å². The number of hydrogen-bond donors (Lipinski definition) is 2. The number of carbonyl (C=O) groups is 1. The molecule has 0 aromatic heterocycles. The molecule has 4 nitrogen and oxygen atoms in total. The van der Waals surface area contributed by atoms with E-state index in [1.165, 1.54) is 12.1 Å². The van der Waals surface area contributed by atoms with Crippen LogP contribution in [0.1, 0.15) is 16.7 Å². The second kappa shape index (κ2) is 8.21. The number of carbonyl (C=O) groups excluding carboxylic acids is 1. The zero-order valence-electron chi connectivity index (χ0n) is 15.1. The van der Waals surface area contributed by atoms with Gasteiger partial charge in [0.2, 0.25) is 0 Å². The van der Waals surface area contributed by atoms with Crippen LogP contribution in [0.4, 0.5) is 18.0 Å². The van der Waals surface area contributed by atoms with E-state index in [4.69, 9.17) is 4.74 Å². The molecule has 0 aliphatic heterocycles. The van der Waals surface area contributed by atoms with Crippen molar-refractivity contribution in [3.63, 3.8) is 0 Å². The molecule has 3 aromatic carbocycles. The van der Waals surface area contributed by atoms with Crippen LogP contribution in [0.2, 0.25) is 0 Å². The first kappa shape index (κ1) is 19.5. The number of nitrogens with one attached hydrogen (secondary N) is 2. The van der Waals surface area contributed by atoms with Gasteiger partial charge in [-0.05, 0) is 52.2 Å². The van der Waals surface area contributed by atoms with Crippen LogP contribution in [0.25, 0.3) is 10.8 Å². The van der Waals surface area contributed by atoms with Gasteiger partial charge in [0, 0.05) is 13.1 Å². The molecule has 0 heterocycles. The fraction of sp³-hybridized carbons (Fsp3) is 0.190. The number of urea groups is 1. The molecule has 0 aliphatic rings. The second-order valence-electron chi connectivity index (χ2n) is 6.28. The maximum absolute atomic E-state index is 12.5. The van der Waals surface area contributed by atoms with Crippen LogP contribution < -0.4 is 15.4 Å². The van der Waals surface area contributed by atoms with Gasteiger partial charge in [0.25, 0.3) is 0 Å². The molecule has 0 unspecified atom stereocenters. The molecule has 0 aliphatic carbocycles. The van der Waals surface area contributed by atoms with Crippen molar-refractivity contribution in [3.05, 3.63) is 77.4 Å². The highest BCUT2D eigenvalue weighted by molar-refractivity contribution is 5.84. The lowest BCUT2D eigenvalue weighted by Gasteiger charge is -2.10. The maximum atomic E-state index is 12.5. The van der Waals surface area contributed by atoms with Gasteiger partial charge in [-0.3, -0.25) is 0 Å². The van der Waals surface area contributed by atoms with Crippen LogP contribution in [-0.4, -0.2) is 13.1 Å². The molecule has 28 heavy (non-hydrogen) atoms. The number of rotatable bonds is 5. The molecule has 0 fully saturated rings. The van der Waals surface area contributed by atoms with Gasteiger partial charge in [-0.2, -0.15) is 13.2 Å². The third-order valence-electron chi connectivity index (χ3n) is 4.30. The van der Waals surface area contributed by atoms with Crippen LogP contribution in [0.5, 0.6) is 5.75 Å². The SMILES string of the molecule is COc1ccc2cc(CNC(=O)NCc3ccc(C(F)(F)F)cc3)ccc2c1. The molecule has 0 atom stereocenters. The van der Waals surface area contributed by atoms with E-state index in [1.807, 2.05) is 36.4 Å². The molecule has 0 spiro atoms. The van der Waals surface area contributed by atoms with Gasteiger partial charge >= 0.3 is 12.2 Å². The summed E-state index contributed by atoms with van der Waals surface area (Å²) in [6.07, 6.45) is -4.37. The van der Waals surface area contributed by atoms with Crippen molar-refractivity contribution in [1.82, 2.24) is 10.6 Å². The zero-order chi connectivity index (χ0) is 20.1. The Morgan fingerprint density at radius 3 is 2.07 bits per heavy atom. The summed E-state index contributed by atoms with van der Waals surface area (Å²) < 4.78 is 42.8. The number of benzene rings is 3. The van der Waals surface area contributed by atoms with Crippen molar-refractivity contribution in [3.8, 4) is 5.75 Å². The quantitative estimate of drug-likeness (QED) is 0.655. The standard InChI is InChI=1S/C21H19F3N2O2/c1-28-19-9-6-16-10-15(2-5-17(16)11-19)13-26-20(27)25-12-14-3-7-18(8-4-14)21(22,23)24/h2-11H,12-13H2,1H3,(H2,25,26,27). The van der Waals surface area contributed by atoms with Gasteiger partial charge in [0.15, 0.2) is 0 Å². The Morgan fingerprint density at radius 2 is 1.43 bits per heavy atom. The second-order valence-corrected chi connectivity index (χ2v) is 6.28. The molecule has 3 aromatic rings. The van der Waals surface area contributed by atoms with E-state index in [1.54, 1.807) is 7.11 Å². The van der Waals surface area contributed by atoms with Crippen LogP contribution >= 0.6 is 0 Å². The predicted octanol–water partition coefficient (Wildman–Crippen LogP) is 4.87. The largest absolute Gasteiger partial charge is 0.497 e. The van der Waals surface area contributed by atoms with Crippen LogP contribution in [0.3, 0.4) is 0 Å². The summed E-state index contributed by atoms with van der Waals surface area (Å²) in [5.74, 6) is 0.779. The van der Waals surface area contributed by atoms with E-state index >= 15 is 0 Å². The maximum Gasteiger partial charge on any atom is 0.416 e. The van der Waals surface area contributed by atoms with E-state index in [0.29, 0.717) is 12.1 Å². The lowest BCUT2D eigenvalue weighted by atomic mass is 10.1. The minimum absolute atomic E-state index is 0.140. The normalized spacial score (nSPS) is 11.3. The average molecular weight is 388 g/mol. The molecular formula is C21H19F3N2O2. The summed E-state index contributed by atoms with van der Waals surface area (Å²) in [5.41, 5.74) is 0.805. The monoisotopic (exact) mass is 388 g/mol. The lowest BCUT2D eigenvalue weighted by molar-refractivity contribution is -0.137. The highest BCUT2D eigenvalue weighted by atomic mass is 19.4. The Bertz CT molecular complexity index is 970. The lowest BCUT2D eigenvalue weighted by Crippen LogP contribution is -2.34. The van der Waals surface area contributed by atoms with Crippen molar-refractivity contribution >= 4 is 16.8 Å². The van der Waals surface area contributed by atoms with Crippen molar-refractivity contribution in [1.29, 1.82) is 0 Å². The number of methoxy groups -OCH3 is 1. The average Bonchev–Trinajstić information content (AvgIpc) is 2.69. The first-order chi connectivity index (χ1) is 13.3. The summed E-state index contributed by atoms with van der Waals surface area (Å²) >= 11 is 0. The molecule has 2 amide bonds. The Morgan fingerprint density at radius 1 is 0.857 bits per heavy atom. The molecule has 146 valence electrons. The van der Waals surface area contributed by atoms with Gasteiger partial charge in [0.1, 0.15) is 5.75 Å². The number of hydrogen-bond acceptors (Lipinski definition) is 2. The van der Waals surface area contributed by atoms with Crippen LogP contribution in [-0.2, 0) is 19.3 Å². The van der Waals surface area contributed by atoms with Crippen molar-refractivity contribution < 1.29 is 22.7 Å². The molecule has 0 radical (unpaired) electrons. The number of fused-ring (bicyclic) bond motifs is 1. The van der Waals surface area contributed by atoms with Crippen molar-refractivity contribution in [2.45, 2.75) is 19.3 Å². The van der Waals surface area contributed by atoms with Crippen LogP contribution in [0, 0.1) is 0 Å². The van der Waals surface area contributed by atoms with E-state index in [-0.39, 0.29) is 6.54 Å². The first-order valence-corrected chi connectivity index (χ1v) is 8.60. The van der Waals surface area contributed by atoms with E-state index in [0.717, 1.165) is 34.2 Å². The van der Waals surface area contributed by atoms with Gasteiger partial charge in [0.05, 0.1) is 12.7 Å². The first-order valence-electron chi connectivity index (χ1n) is 8.60. The highest BCUT2D eigenvalue weighted by Crippen LogP contribution is 2.29. The molecule has 0 bridgehead atoms. The van der Waals surface area contributed by atoms with Crippen LogP contribution in [0.15, 0.2) is 60.7 Å². The molecule has 7 heteroatoms. The van der Waals surface area contributed by atoms with Gasteiger partial charge in [-0.1, -0.05) is 30.3 Å². The Balaban J connectivity index is 1.52. The highest BCUT2D eigenvalue weighted by Gasteiger charge is 2.29. The Hall–Kier alpha value is -3.22. The molecular weight excluding hydrogens is 369 g/mol. The summed E-state index contributed by atoms with van der Waals surface area (Å²) in [6, 6.07) is 15.9. The van der Waals surface area contributed by atoms with E-state index in [2.05, 4.69) is 10.6 Å². The number of amides is 2. The molecule has 0 saturated carbocycles. The molecule has 3 rings (SSSR count). The third kappa shape index (κ3) is 4.94. The van der Waals surface area contributed by atoms with Crippen molar-refractivity contribution in [2.24, 2.45) is 0 Å². The Kier molecular flexibility index (Phi) is 5.73. The third-order valence-corrected chi connectivity index (χ3v) is 4.30. The van der Waals surface area contributed by atoms with Crippen molar-refractivity contribution in [2.75, 3.05) is 7.11 Å². The van der Waals surface area contributed by atoms with Gasteiger partial charge < -0.3 is 15.4 Å². The summed E-state index contributed by atoms with van der Waals surface area (Å²) in [6.45, 7) is 0.475. The fourth-order valence-electron chi connectivity index (χ4n) is 2.75. The minimum atomic E-state index is -4.37. The number of ether oxygens (including phenoxy) is 1. The fourth-order valence-corrected chi connectivity index (χ4v) is 2.75. The predicted molar refractivity (Wildman–Crippen MR) is 101 cm³/mol.